The van der Waals surface area contributed by atoms with Crippen molar-refractivity contribution < 1.29 is 80.2 Å². The van der Waals surface area contributed by atoms with Gasteiger partial charge in [-0.3, -0.25) is 37.3 Å². The highest BCUT2D eigenvalue weighted by Crippen LogP contribution is 2.45. The average molecular weight is 1650 g/mol. The number of ether oxygens (including phenoxy) is 4. The quantitative estimate of drug-likeness (QED) is 0.0222. The van der Waals surface area contributed by atoms with Crippen molar-refractivity contribution in [1.29, 1.82) is 0 Å². The van der Waals surface area contributed by atoms with Crippen LogP contribution in [0.3, 0.4) is 0 Å². The smallest absolute Gasteiger partial charge is 0.462 e. The van der Waals surface area contributed by atoms with Gasteiger partial charge in [-0.2, -0.15) is 0 Å². The van der Waals surface area contributed by atoms with Gasteiger partial charge in [-0.15, -0.1) is 0 Å². The molecule has 2 unspecified atom stereocenters. The number of esters is 4. The maximum atomic E-state index is 13.2. The Morgan fingerprint density at radius 2 is 0.407 bits per heavy atom. The second-order valence-corrected chi connectivity index (χ2v) is 37.6. The van der Waals surface area contributed by atoms with E-state index in [1.165, 1.54) is 327 Å². The minimum Gasteiger partial charge on any atom is -0.462 e. The third kappa shape index (κ3) is 87.7. The normalized spacial score (nSPS) is 13.7. The van der Waals surface area contributed by atoms with Crippen molar-refractivity contribution in [3.05, 3.63) is 0 Å². The molecule has 0 aromatic heterocycles. The van der Waals surface area contributed by atoms with Crippen LogP contribution in [0.25, 0.3) is 0 Å². The van der Waals surface area contributed by atoms with Gasteiger partial charge < -0.3 is 33.8 Å². The molecule has 0 amide bonds. The molecule has 0 fully saturated rings. The fourth-order valence-electron chi connectivity index (χ4n) is 14.8. The molecule has 0 aliphatic rings. The lowest BCUT2D eigenvalue weighted by atomic mass is 10.0. The number of carbonyl (C=O) groups is 4. The number of aliphatic hydroxyl groups excluding tert-OH is 1. The van der Waals surface area contributed by atoms with Gasteiger partial charge in [0.2, 0.25) is 0 Å². The Labute approximate surface area is 696 Å². The van der Waals surface area contributed by atoms with Crippen molar-refractivity contribution in [3.63, 3.8) is 0 Å². The molecule has 0 aromatic carbocycles. The zero-order valence-electron chi connectivity index (χ0n) is 74.7. The number of phosphoric acid groups is 2. The van der Waals surface area contributed by atoms with E-state index < -0.39 is 97.5 Å². The Morgan fingerprint density at radius 3 is 0.602 bits per heavy atom. The van der Waals surface area contributed by atoms with E-state index in [0.29, 0.717) is 25.7 Å². The molecular weight excluding hydrogens is 1460 g/mol. The van der Waals surface area contributed by atoms with E-state index >= 15 is 0 Å². The van der Waals surface area contributed by atoms with E-state index in [-0.39, 0.29) is 25.7 Å². The first kappa shape index (κ1) is 111. The minimum atomic E-state index is -4.97. The summed E-state index contributed by atoms with van der Waals surface area (Å²) in [7, 11) is -9.94. The lowest BCUT2D eigenvalue weighted by Crippen LogP contribution is -2.30. The summed E-state index contributed by atoms with van der Waals surface area (Å²) < 4.78 is 69.1. The number of aliphatic hydroxyl groups is 1. The van der Waals surface area contributed by atoms with E-state index in [1.54, 1.807) is 0 Å². The van der Waals surface area contributed by atoms with Gasteiger partial charge in [0, 0.05) is 25.7 Å². The Morgan fingerprint density at radius 1 is 0.239 bits per heavy atom. The van der Waals surface area contributed by atoms with E-state index in [4.69, 9.17) is 37.0 Å². The van der Waals surface area contributed by atoms with Crippen LogP contribution in [-0.4, -0.2) is 96.7 Å². The van der Waals surface area contributed by atoms with Gasteiger partial charge in [0.15, 0.2) is 12.2 Å². The maximum Gasteiger partial charge on any atom is 0.472 e. The lowest BCUT2D eigenvalue weighted by molar-refractivity contribution is -0.161. The summed E-state index contributed by atoms with van der Waals surface area (Å²) in [4.78, 5) is 73.4. The first-order valence-corrected chi connectivity index (χ1v) is 51.5. The standard InChI is InChI=1S/C94H184O17P2/c1-7-9-11-13-15-17-18-19-20-21-22-23-24-25-33-38-43-48-54-60-66-73-79-94(99)111-90(83-105-92(97)77-71-65-59-53-47-42-37-32-28-26-30-35-40-45-51-56-62-68-74-86(3)4)85-109-113(102,103)107-81-88(95)80-106-112(100,101)108-84-89(82-104-91(96)76-70-64-58-50-16-14-12-10-8-2)110-93(98)78-72-67-61-55-49-44-39-34-29-27-31-36-41-46-52-57-63-69-75-87(5)6/h86-90,95H,7-85H2,1-6H3,(H,100,101)(H,102,103)/t88-,89+,90+/m0/s1. The maximum absolute atomic E-state index is 13.2. The fraction of sp³-hybridized carbons (Fsp3) is 0.957. The van der Waals surface area contributed by atoms with Crippen LogP contribution in [0, 0.1) is 11.8 Å². The summed E-state index contributed by atoms with van der Waals surface area (Å²) in [5.41, 5.74) is 0. The molecule has 3 N–H and O–H groups in total. The zero-order valence-corrected chi connectivity index (χ0v) is 76.5. The van der Waals surface area contributed by atoms with Crippen molar-refractivity contribution in [2.24, 2.45) is 11.8 Å². The van der Waals surface area contributed by atoms with Crippen molar-refractivity contribution in [1.82, 2.24) is 0 Å². The van der Waals surface area contributed by atoms with Crippen LogP contribution in [0.4, 0.5) is 0 Å². The van der Waals surface area contributed by atoms with Gasteiger partial charge in [0.1, 0.15) is 19.3 Å². The van der Waals surface area contributed by atoms with Crippen molar-refractivity contribution in [3.8, 4) is 0 Å². The summed E-state index contributed by atoms with van der Waals surface area (Å²) in [5.74, 6) is -0.451. The molecule has 113 heavy (non-hydrogen) atoms. The van der Waals surface area contributed by atoms with Crippen molar-refractivity contribution >= 4 is 39.5 Å². The fourth-order valence-corrected chi connectivity index (χ4v) is 16.4. The zero-order chi connectivity index (χ0) is 82.7. The molecule has 0 bridgehead atoms. The number of hydrogen-bond acceptors (Lipinski definition) is 15. The molecule has 0 radical (unpaired) electrons. The summed E-state index contributed by atoms with van der Waals surface area (Å²) in [6, 6.07) is 0. The molecule has 0 heterocycles. The summed E-state index contributed by atoms with van der Waals surface area (Å²) in [6.45, 7) is 9.77. The van der Waals surface area contributed by atoms with E-state index in [9.17, 15) is 43.2 Å². The van der Waals surface area contributed by atoms with Gasteiger partial charge in [-0.05, 0) is 37.5 Å². The molecular formula is C94H184O17P2. The molecule has 0 saturated carbocycles. The van der Waals surface area contributed by atoms with Crippen LogP contribution in [0.1, 0.15) is 510 Å². The second kappa shape index (κ2) is 85.1. The second-order valence-electron chi connectivity index (χ2n) is 34.7. The Hall–Kier alpha value is -1.94. The molecule has 17 nitrogen and oxygen atoms in total. The van der Waals surface area contributed by atoms with Crippen molar-refractivity contribution in [2.45, 2.75) is 529 Å². The SMILES string of the molecule is CCCCCCCCCCCCCCCCCCCCCCCCC(=O)O[C@H](COC(=O)CCCCCCCCCCCCCCCCCCCCC(C)C)COP(=O)(O)OC[C@@H](O)COP(=O)(O)OC[C@@H](COC(=O)CCCCCCCCCCC)OC(=O)CCCCCCCCCCCCCCCCCCCCC(C)C. The first-order chi connectivity index (χ1) is 54.9. The molecule has 0 aliphatic heterocycles. The average Bonchev–Trinajstić information content (AvgIpc) is 0.898. The Balaban J connectivity index is 5.18. The van der Waals surface area contributed by atoms with Gasteiger partial charge in [0.05, 0.1) is 26.4 Å². The van der Waals surface area contributed by atoms with Crippen LogP contribution in [-0.2, 0) is 65.4 Å². The largest absolute Gasteiger partial charge is 0.472 e. The van der Waals surface area contributed by atoms with E-state index in [0.717, 1.165) is 102 Å². The van der Waals surface area contributed by atoms with Crippen LogP contribution < -0.4 is 0 Å². The number of carbonyl (C=O) groups excluding carboxylic acids is 4. The third-order valence-corrected chi connectivity index (χ3v) is 24.1. The molecule has 5 atom stereocenters. The molecule has 0 spiro atoms. The highest BCUT2D eigenvalue weighted by Gasteiger charge is 2.31. The van der Waals surface area contributed by atoms with Crippen LogP contribution in [0.5, 0.6) is 0 Å². The highest BCUT2D eigenvalue weighted by molar-refractivity contribution is 7.47. The van der Waals surface area contributed by atoms with Crippen molar-refractivity contribution in [2.75, 3.05) is 39.6 Å². The summed E-state index contributed by atoms with van der Waals surface area (Å²) in [5, 5.41) is 10.7. The Bertz CT molecular complexity index is 2150. The first-order valence-electron chi connectivity index (χ1n) is 48.5. The topological polar surface area (TPSA) is 237 Å². The minimum absolute atomic E-state index is 0.109. The third-order valence-electron chi connectivity index (χ3n) is 22.2. The molecule has 672 valence electrons. The molecule has 19 heteroatoms. The molecule has 0 aromatic rings. The number of hydrogen-bond donors (Lipinski definition) is 3. The van der Waals surface area contributed by atoms with Gasteiger partial charge in [-0.25, -0.2) is 9.13 Å². The predicted molar refractivity (Wildman–Crippen MR) is 469 cm³/mol. The Kier molecular flexibility index (Phi) is 83.6. The van der Waals surface area contributed by atoms with E-state index in [2.05, 4.69) is 41.5 Å². The predicted octanol–water partition coefficient (Wildman–Crippen LogP) is 29.4. The van der Waals surface area contributed by atoms with Gasteiger partial charge >= 0.3 is 39.5 Å². The number of rotatable bonds is 93. The highest BCUT2D eigenvalue weighted by atomic mass is 31.2. The molecule has 0 aliphatic carbocycles. The molecule has 0 rings (SSSR count). The number of unbranched alkanes of at least 4 members (excludes halogenated alkanes) is 63. The van der Waals surface area contributed by atoms with Crippen LogP contribution in [0.2, 0.25) is 0 Å². The summed E-state index contributed by atoms with van der Waals surface area (Å²) >= 11 is 0. The van der Waals surface area contributed by atoms with Crippen LogP contribution in [0.15, 0.2) is 0 Å². The van der Waals surface area contributed by atoms with Gasteiger partial charge in [-0.1, -0.05) is 459 Å². The number of phosphoric ester groups is 2. The van der Waals surface area contributed by atoms with E-state index in [1.807, 2.05) is 0 Å². The lowest BCUT2D eigenvalue weighted by Gasteiger charge is -2.21. The monoisotopic (exact) mass is 1650 g/mol. The van der Waals surface area contributed by atoms with Gasteiger partial charge in [0.25, 0.3) is 0 Å². The summed E-state index contributed by atoms with van der Waals surface area (Å²) in [6.07, 6.45) is 80.9. The molecule has 0 saturated heterocycles. The van der Waals surface area contributed by atoms with Crippen LogP contribution >= 0.6 is 15.6 Å².